The highest BCUT2D eigenvalue weighted by atomic mass is 35.5. The van der Waals surface area contributed by atoms with Gasteiger partial charge in [-0.15, -0.1) is 0 Å². The lowest BCUT2D eigenvalue weighted by atomic mass is 9.91. The molecule has 1 saturated heterocycles. The van der Waals surface area contributed by atoms with Crippen LogP contribution in [0.25, 0.3) is 5.57 Å². The Balaban J connectivity index is 1.87. The Labute approximate surface area is 192 Å². The van der Waals surface area contributed by atoms with Gasteiger partial charge in [-0.1, -0.05) is 49.2 Å². The minimum absolute atomic E-state index is 0.338. The van der Waals surface area contributed by atoms with Crippen molar-refractivity contribution in [2.75, 3.05) is 25.1 Å². The van der Waals surface area contributed by atoms with Crippen LogP contribution in [-0.2, 0) is 9.59 Å². The number of benzene rings is 2. The topological polar surface area (TPSA) is 49.9 Å². The minimum Gasteiger partial charge on any atom is -0.495 e. The molecule has 0 bridgehead atoms. The van der Waals surface area contributed by atoms with Crippen LogP contribution >= 0.6 is 23.2 Å². The minimum atomic E-state index is -0.395. The van der Waals surface area contributed by atoms with Crippen molar-refractivity contribution in [2.45, 2.75) is 20.3 Å². The van der Waals surface area contributed by atoms with E-state index in [4.69, 9.17) is 27.9 Å². The fourth-order valence-electron chi connectivity index (χ4n) is 4.59. The van der Waals surface area contributed by atoms with Crippen LogP contribution in [-0.4, -0.2) is 36.9 Å². The number of ether oxygens (including phenoxy) is 1. The molecule has 162 valence electrons. The van der Waals surface area contributed by atoms with Crippen molar-refractivity contribution in [1.82, 2.24) is 4.90 Å². The van der Waals surface area contributed by atoms with E-state index in [0.717, 1.165) is 19.5 Å². The zero-order valence-corrected chi connectivity index (χ0v) is 19.2. The molecule has 2 atom stereocenters. The molecule has 1 fully saturated rings. The number of carbonyl (C=O) groups is 2. The van der Waals surface area contributed by atoms with E-state index >= 15 is 0 Å². The number of nitrogens with zero attached hydrogens (tertiary/aromatic N) is 2. The predicted molar refractivity (Wildman–Crippen MR) is 123 cm³/mol. The number of anilines is 1. The van der Waals surface area contributed by atoms with Gasteiger partial charge in [0.15, 0.2) is 0 Å². The summed E-state index contributed by atoms with van der Waals surface area (Å²) in [5.74, 6) is 0.481. The van der Waals surface area contributed by atoms with Crippen molar-refractivity contribution < 1.29 is 14.3 Å². The van der Waals surface area contributed by atoms with Crippen LogP contribution in [0.5, 0.6) is 5.75 Å². The number of imide groups is 1. The second kappa shape index (κ2) is 8.56. The molecule has 0 spiro atoms. The average Bonchev–Trinajstić information content (AvgIpc) is 2.98. The zero-order valence-electron chi connectivity index (χ0n) is 17.7. The smallest absolute Gasteiger partial charge is 0.282 e. The van der Waals surface area contributed by atoms with Gasteiger partial charge in [0, 0.05) is 23.1 Å². The molecule has 0 radical (unpaired) electrons. The Morgan fingerprint density at radius 1 is 0.903 bits per heavy atom. The highest BCUT2D eigenvalue weighted by Gasteiger charge is 2.44. The molecule has 2 aromatic carbocycles. The molecule has 4 rings (SSSR count). The van der Waals surface area contributed by atoms with Crippen molar-refractivity contribution in [1.29, 1.82) is 0 Å². The van der Waals surface area contributed by atoms with Crippen LogP contribution in [0.2, 0.25) is 10.0 Å². The van der Waals surface area contributed by atoms with E-state index in [1.54, 1.807) is 42.5 Å². The van der Waals surface area contributed by atoms with Crippen molar-refractivity contribution in [3.05, 3.63) is 63.8 Å². The maximum atomic E-state index is 13.7. The normalized spacial score (nSPS) is 21.8. The van der Waals surface area contributed by atoms with Gasteiger partial charge in [0.2, 0.25) is 0 Å². The summed E-state index contributed by atoms with van der Waals surface area (Å²) >= 11 is 12.3. The summed E-state index contributed by atoms with van der Waals surface area (Å²) in [4.78, 5) is 30.7. The number of likely N-dealkylation sites (tertiary alicyclic amines) is 1. The Bertz CT molecular complexity index is 1050. The molecule has 31 heavy (non-hydrogen) atoms. The monoisotopic (exact) mass is 458 g/mol. The van der Waals surface area contributed by atoms with Gasteiger partial charge in [-0.2, -0.15) is 0 Å². The third-order valence-corrected chi connectivity index (χ3v) is 6.25. The lowest BCUT2D eigenvalue weighted by Gasteiger charge is -2.37. The summed E-state index contributed by atoms with van der Waals surface area (Å²) in [6, 6.07) is 11.9. The first kappa shape index (κ1) is 21.7. The van der Waals surface area contributed by atoms with E-state index in [0.29, 0.717) is 50.2 Å². The van der Waals surface area contributed by atoms with Crippen LogP contribution in [0.4, 0.5) is 5.69 Å². The number of piperidine rings is 1. The third kappa shape index (κ3) is 4.04. The molecule has 0 saturated carbocycles. The van der Waals surface area contributed by atoms with E-state index in [9.17, 15) is 9.59 Å². The van der Waals surface area contributed by atoms with Crippen LogP contribution in [0.3, 0.4) is 0 Å². The van der Waals surface area contributed by atoms with E-state index in [2.05, 4.69) is 18.7 Å². The summed E-state index contributed by atoms with van der Waals surface area (Å²) in [6.07, 6.45) is 1.09. The fourth-order valence-corrected chi connectivity index (χ4v) is 4.88. The van der Waals surface area contributed by atoms with Crippen LogP contribution in [0.15, 0.2) is 48.2 Å². The second-order valence-corrected chi connectivity index (χ2v) is 9.22. The average molecular weight is 459 g/mol. The largest absolute Gasteiger partial charge is 0.495 e. The predicted octanol–water partition coefficient (Wildman–Crippen LogP) is 5.26. The molecular formula is C24H24Cl2N2O3. The standard InChI is InChI=1S/C24H24Cl2N2O3/c1-14-10-15(2)13-27(12-14)22-21(16-4-6-17(25)7-5-16)23(29)28(24(22)30)19-11-18(26)8-9-20(19)31-3/h4-9,11,14-15H,10,12-13H2,1-3H3. The van der Waals surface area contributed by atoms with E-state index in [1.165, 1.54) is 12.0 Å². The highest BCUT2D eigenvalue weighted by molar-refractivity contribution is 6.46. The molecule has 5 nitrogen and oxygen atoms in total. The van der Waals surface area contributed by atoms with Crippen LogP contribution in [0, 0.1) is 11.8 Å². The summed E-state index contributed by atoms with van der Waals surface area (Å²) in [5, 5.41) is 0.981. The molecule has 2 amide bonds. The number of hydrogen-bond acceptors (Lipinski definition) is 4. The van der Waals surface area contributed by atoms with Gasteiger partial charge in [-0.3, -0.25) is 9.59 Å². The van der Waals surface area contributed by atoms with Crippen molar-refractivity contribution in [3.8, 4) is 5.75 Å². The van der Waals surface area contributed by atoms with E-state index in [1.807, 2.05) is 0 Å². The summed E-state index contributed by atoms with van der Waals surface area (Å²) < 4.78 is 5.43. The molecular weight excluding hydrogens is 435 g/mol. The Morgan fingerprint density at radius 2 is 1.52 bits per heavy atom. The number of carbonyl (C=O) groups excluding carboxylic acids is 2. The Kier molecular flexibility index (Phi) is 6.00. The first-order valence-electron chi connectivity index (χ1n) is 10.3. The number of hydrogen-bond donors (Lipinski definition) is 0. The maximum Gasteiger partial charge on any atom is 0.282 e. The SMILES string of the molecule is COc1ccc(Cl)cc1N1C(=O)C(c2ccc(Cl)cc2)=C(N2CC(C)CC(C)C2)C1=O. The molecule has 7 heteroatoms. The summed E-state index contributed by atoms with van der Waals surface area (Å²) in [5.41, 5.74) is 1.80. The molecule has 2 aliphatic rings. The lowest BCUT2D eigenvalue weighted by Crippen LogP contribution is -2.42. The molecule has 2 heterocycles. The second-order valence-electron chi connectivity index (χ2n) is 8.34. The molecule has 0 aromatic heterocycles. The van der Waals surface area contributed by atoms with Gasteiger partial charge >= 0.3 is 0 Å². The third-order valence-electron chi connectivity index (χ3n) is 5.76. The Morgan fingerprint density at radius 3 is 2.13 bits per heavy atom. The van der Waals surface area contributed by atoms with Crippen LogP contribution < -0.4 is 9.64 Å². The molecule has 2 aromatic rings. The fraction of sp³-hybridized carbons (Fsp3) is 0.333. The number of halogens is 2. The zero-order chi connectivity index (χ0) is 22.3. The van der Waals surface area contributed by atoms with Gasteiger partial charge in [0.05, 0.1) is 18.4 Å². The Hall–Kier alpha value is -2.50. The lowest BCUT2D eigenvalue weighted by molar-refractivity contribution is -0.120. The summed E-state index contributed by atoms with van der Waals surface area (Å²) in [6.45, 7) is 5.78. The number of rotatable bonds is 4. The summed E-state index contributed by atoms with van der Waals surface area (Å²) in [7, 11) is 1.50. The molecule has 0 aliphatic carbocycles. The first-order chi connectivity index (χ1) is 14.8. The quantitative estimate of drug-likeness (QED) is 0.585. The van der Waals surface area contributed by atoms with E-state index < -0.39 is 5.91 Å². The maximum absolute atomic E-state index is 13.7. The number of methoxy groups -OCH3 is 1. The van der Waals surface area contributed by atoms with Crippen molar-refractivity contribution in [2.24, 2.45) is 11.8 Å². The van der Waals surface area contributed by atoms with E-state index in [-0.39, 0.29) is 5.91 Å². The van der Waals surface area contributed by atoms with Gasteiger partial charge in [-0.25, -0.2) is 4.90 Å². The van der Waals surface area contributed by atoms with Crippen LogP contribution in [0.1, 0.15) is 25.8 Å². The molecule has 2 aliphatic heterocycles. The first-order valence-corrected chi connectivity index (χ1v) is 11.0. The van der Waals surface area contributed by atoms with Gasteiger partial charge in [0.1, 0.15) is 11.4 Å². The molecule has 2 unspecified atom stereocenters. The highest BCUT2D eigenvalue weighted by Crippen LogP contribution is 2.41. The van der Waals surface area contributed by atoms with Gasteiger partial charge in [0.25, 0.3) is 11.8 Å². The van der Waals surface area contributed by atoms with Gasteiger partial charge < -0.3 is 9.64 Å². The van der Waals surface area contributed by atoms with Gasteiger partial charge in [-0.05, 0) is 54.2 Å². The van der Waals surface area contributed by atoms with Crippen molar-refractivity contribution >= 4 is 46.3 Å². The van der Waals surface area contributed by atoms with Crippen molar-refractivity contribution in [3.63, 3.8) is 0 Å². The molecule has 0 N–H and O–H groups in total. The number of amides is 2.